The summed E-state index contributed by atoms with van der Waals surface area (Å²) in [6.45, 7) is 10.5. The summed E-state index contributed by atoms with van der Waals surface area (Å²) in [4.78, 5) is 91.3. The molecule has 0 spiro atoms. The first-order chi connectivity index (χ1) is 50.2. The van der Waals surface area contributed by atoms with E-state index in [4.69, 9.17) is 88.1 Å². The number of rotatable bonds is 13. The number of hydrogen-bond acceptors (Lipinski definition) is 26. The molecule has 9 aromatic rings. The van der Waals surface area contributed by atoms with E-state index in [1.165, 1.54) is 24.3 Å². The van der Waals surface area contributed by atoms with Gasteiger partial charge in [0.25, 0.3) is 0 Å². The van der Waals surface area contributed by atoms with E-state index in [0.717, 1.165) is 18.7 Å². The molecule has 6 N–H and O–H groups in total. The quantitative estimate of drug-likeness (QED) is 0.0270. The highest BCUT2D eigenvalue weighted by Crippen LogP contribution is 2.48. The van der Waals surface area contributed by atoms with Crippen LogP contribution in [0.2, 0.25) is 15.1 Å². The van der Waals surface area contributed by atoms with Crippen molar-refractivity contribution in [2.75, 3.05) is 86.8 Å². The van der Waals surface area contributed by atoms with Crippen molar-refractivity contribution in [2.24, 2.45) is 0 Å². The van der Waals surface area contributed by atoms with Crippen molar-refractivity contribution in [3.8, 4) is 68.5 Å². The monoisotopic (exact) mass is 1580 g/mol. The van der Waals surface area contributed by atoms with Crippen LogP contribution in [0.3, 0.4) is 0 Å². The van der Waals surface area contributed by atoms with Gasteiger partial charge in [0.05, 0.1) is 47.6 Å². The second-order valence-corrected chi connectivity index (χ2v) is 26.1. The third-order valence-electron chi connectivity index (χ3n) is 17.6. The van der Waals surface area contributed by atoms with Gasteiger partial charge in [-0.3, -0.25) is 14.4 Å². The normalized spacial score (nSPS) is 17.7. The molecule has 12 rings (SSSR count). The van der Waals surface area contributed by atoms with E-state index in [2.05, 4.69) is 4.74 Å². The number of β-amino-alcohol motifs (C(OH)–C–C–N with tert-alkyl or cyclic N) is 1. The number of benzene rings is 6. The summed E-state index contributed by atoms with van der Waals surface area (Å²) in [5, 5.41) is 64.4. The number of halogens is 4. The number of likely N-dealkylation sites (N-methyl/N-ethyl adjacent to an activating group) is 3. The molecule has 26 nitrogen and oxygen atoms in total. The third kappa shape index (κ3) is 20.5. The molecule has 108 heavy (non-hydrogen) atoms. The first-order valence-corrected chi connectivity index (χ1v) is 34.9. The standard InChI is InChI=1S/C27H28ClNO9.C24H24ClNO7.C21H20ClNO5.C3H5ClO2.3CH4/c1-4-34-26(32)37-21-13-19(31)24-18(30)12-20(15-8-6-7-9-17(15)28)36-25(24)23(21)16-10-11-29(3)14-22(16)38-27(33)35-5-2;1-3-31-24(30)33-20-12-26(2)9-8-14(20)21-16(27)10-17(28)22-18(29)11-19(32-23(21)22)13-6-4-5-7-15(13)25;1-23-7-6-12(17(27)10-23)19-14(24)8-15(25)20-16(26)9-18(28-21(19)20)11-4-2-3-5-13(11)22;1-2-6-3(4)5;;;/h6-9,12-13,16,22,31H,4-5,10-11,14H2,1-3H3;4-7,10-11,14,20,27-28H,3,8-9,12H2,1-2H3;2-5,8-9,12,17,24-25,27H,6-7,10H2,1H3;2H2,1H3;3*1H4/t16-,22+;14-,20+;12-,17+;;;;/m000..../s1. The molecule has 0 aliphatic carbocycles. The number of piperidine rings is 3. The van der Waals surface area contributed by atoms with E-state index in [9.17, 15) is 64.2 Å². The number of aromatic hydroxyl groups is 5. The Morgan fingerprint density at radius 2 is 0.769 bits per heavy atom. The zero-order chi connectivity index (χ0) is 76.1. The van der Waals surface area contributed by atoms with Gasteiger partial charge in [-0.15, -0.1) is 0 Å². The van der Waals surface area contributed by atoms with Crippen molar-refractivity contribution < 1.29 is 96.2 Å². The maximum absolute atomic E-state index is 13.3. The van der Waals surface area contributed by atoms with Crippen LogP contribution in [-0.4, -0.2) is 174 Å². The molecule has 6 atom stereocenters. The molecule has 30 heteroatoms. The van der Waals surface area contributed by atoms with Crippen LogP contribution in [0.4, 0.5) is 19.2 Å². The predicted molar refractivity (Wildman–Crippen MR) is 412 cm³/mol. The van der Waals surface area contributed by atoms with Crippen molar-refractivity contribution in [3.63, 3.8) is 0 Å². The number of likely N-dealkylation sites (tertiary alicyclic amines) is 3. The van der Waals surface area contributed by atoms with E-state index in [0.29, 0.717) is 95.9 Å². The lowest BCUT2D eigenvalue weighted by Crippen LogP contribution is -2.43. The summed E-state index contributed by atoms with van der Waals surface area (Å²) in [5.74, 6) is -2.70. The number of ether oxygens (including phenoxy) is 7. The summed E-state index contributed by atoms with van der Waals surface area (Å²) in [7, 11) is 5.67. The molecule has 0 unspecified atom stereocenters. The fourth-order valence-electron chi connectivity index (χ4n) is 12.9. The first-order valence-electron chi connectivity index (χ1n) is 33.4. The largest absolute Gasteiger partial charge is 0.513 e. The number of nitrogens with zero attached hydrogens (tertiary/aromatic N) is 3. The minimum atomic E-state index is -1.01. The Hall–Kier alpha value is -9.77. The summed E-state index contributed by atoms with van der Waals surface area (Å²) in [6.07, 6.45) is -3.32. The lowest BCUT2D eigenvalue weighted by atomic mass is 9.85. The maximum atomic E-state index is 13.3. The summed E-state index contributed by atoms with van der Waals surface area (Å²) < 4.78 is 54.0. The number of aliphatic hydroxyl groups is 1. The molecule has 0 bridgehead atoms. The molecule has 6 aromatic carbocycles. The molecule has 6 heterocycles. The van der Waals surface area contributed by atoms with Crippen LogP contribution in [0.15, 0.2) is 137 Å². The van der Waals surface area contributed by atoms with E-state index in [1.54, 1.807) is 100 Å². The average molecular weight is 1580 g/mol. The number of carbonyl (C=O) groups excluding carboxylic acids is 4. The Morgan fingerprint density at radius 1 is 0.444 bits per heavy atom. The fourth-order valence-corrected chi connectivity index (χ4v) is 13.7. The molecular formula is C78H89Cl4N3O23. The molecule has 3 fully saturated rings. The number of phenolic OH excluding ortho intramolecular Hbond substituents is 5. The zero-order valence-corrected chi connectivity index (χ0v) is 61.0. The second-order valence-electron chi connectivity index (χ2n) is 24.6. The molecule has 3 aromatic heterocycles. The minimum Gasteiger partial charge on any atom is -0.507 e. The number of phenols is 5. The van der Waals surface area contributed by atoms with E-state index in [-0.39, 0.29) is 126 Å². The van der Waals surface area contributed by atoms with Gasteiger partial charge in [-0.05, 0) is 124 Å². The maximum Gasteiger partial charge on any atom is 0.513 e. The molecule has 3 saturated heterocycles. The van der Waals surface area contributed by atoms with Crippen molar-refractivity contribution in [1.29, 1.82) is 0 Å². The fraction of sp³-hybridized carbons (Fsp3) is 0.372. The summed E-state index contributed by atoms with van der Waals surface area (Å²) in [6, 6.07) is 27.8. The first kappa shape index (κ1) is 87.1. The van der Waals surface area contributed by atoms with Crippen LogP contribution in [-0.2, 0) is 28.4 Å². The van der Waals surface area contributed by atoms with E-state index in [1.807, 2.05) is 35.8 Å². The topological polar surface area (TPSA) is 355 Å². The predicted octanol–water partition coefficient (Wildman–Crippen LogP) is 16.4. The summed E-state index contributed by atoms with van der Waals surface area (Å²) >= 11 is 23.6. The third-order valence-corrected chi connectivity index (χ3v) is 18.6. The van der Waals surface area contributed by atoms with Crippen molar-refractivity contribution in [3.05, 3.63) is 172 Å². The second kappa shape index (κ2) is 39.4. The molecule has 0 amide bonds. The highest BCUT2D eigenvalue weighted by molar-refractivity contribution is 6.61. The number of carbonyl (C=O) groups is 4. The van der Waals surface area contributed by atoms with Gasteiger partial charge in [0, 0.05) is 119 Å². The van der Waals surface area contributed by atoms with Crippen LogP contribution >= 0.6 is 46.4 Å². The van der Waals surface area contributed by atoms with Crippen molar-refractivity contribution >= 4 is 103 Å². The number of hydrogen-bond donors (Lipinski definition) is 6. The van der Waals surface area contributed by atoms with Gasteiger partial charge >= 0.3 is 23.9 Å². The Bertz CT molecular complexity index is 4860. The Labute approximate surface area is 642 Å². The SMILES string of the molecule is C.C.C.CCOC(=O)Cl.CCOC(=O)O[C@@H]1CN(C)CC[C@@H]1c1c(O)cc(O)c2c(=O)cc(-c3ccccc3Cl)oc12.CCOC(=O)Oc1cc(O)c2c(=O)cc(-c3ccccc3Cl)oc2c1[C@H]1CCN(C)C[C@H]1OC(=O)OCC.CN1CC[C@H](c2c(O)cc(O)c3c(=O)cc(-c4ccccc4Cl)oc23)[C@H](O)C1. The average Bonchev–Trinajstić information content (AvgIpc) is 0.760. The number of fused-ring (bicyclic) bond motifs is 3. The molecule has 3 aliphatic heterocycles. The number of aliphatic hydroxyl groups excluding tert-OH is 1. The smallest absolute Gasteiger partial charge is 0.507 e. The van der Waals surface area contributed by atoms with Gasteiger partial charge in [0.1, 0.15) is 96.9 Å². The molecule has 3 aliphatic rings. The Kier molecular flexibility index (Phi) is 31.8. The van der Waals surface area contributed by atoms with Crippen LogP contribution in [0, 0.1) is 0 Å². The van der Waals surface area contributed by atoms with Gasteiger partial charge in [-0.2, -0.15) is 0 Å². The minimum absolute atomic E-state index is 0. The van der Waals surface area contributed by atoms with E-state index >= 15 is 0 Å². The lowest BCUT2D eigenvalue weighted by Gasteiger charge is -2.36. The van der Waals surface area contributed by atoms with Gasteiger partial charge in [-0.1, -0.05) is 93.5 Å². The highest BCUT2D eigenvalue weighted by atomic mass is 35.5. The highest BCUT2D eigenvalue weighted by Gasteiger charge is 2.40. The molecule has 0 saturated carbocycles. The van der Waals surface area contributed by atoms with Gasteiger partial charge in [0.15, 0.2) is 16.3 Å². The molecular weight excluding hydrogens is 1490 g/mol. The van der Waals surface area contributed by atoms with Gasteiger partial charge in [-0.25, -0.2) is 19.2 Å². The summed E-state index contributed by atoms with van der Waals surface area (Å²) in [5.41, 5.74) is 0.270. The Balaban J connectivity index is 0.000000243. The van der Waals surface area contributed by atoms with Crippen LogP contribution in [0.5, 0.6) is 34.5 Å². The molecule has 0 radical (unpaired) electrons. The Morgan fingerprint density at radius 3 is 1.12 bits per heavy atom. The van der Waals surface area contributed by atoms with Crippen LogP contribution < -0.4 is 21.0 Å². The molecule has 582 valence electrons. The zero-order valence-electron chi connectivity index (χ0n) is 58.0. The van der Waals surface area contributed by atoms with Gasteiger partial charge in [0.2, 0.25) is 0 Å². The van der Waals surface area contributed by atoms with Gasteiger partial charge < -0.3 is 91.7 Å². The lowest BCUT2D eigenvalue weighted by molar-refractivity contribution is -0.00977. The van der Waals surface area contributed by atoms with E-state index < -0.39 is 87.7 Å². The van der Waals surface area contributed by atoms with Crippen molar-refractivity contribution in [1.82, 2.24) is 14.7 Å². The van der Waals surface area contributed by atoms with Crippen LogP contribution in [0.1, 0.15) is 104 Å². The van der Waals surface area contributed by atoms with Crippen molar-refractivity contribution in [2.45, 2.75) is 105 Å². The van der Waals surface area contributed by atoms with Crippen LogP contribution in [0.25, 0.3) is 66.9 Å².